The Labute approximate surface area is 128 Å². The maximum absolute atomic E-state index is 9.74. The highest BCUT2D eigenvalue weighted by Gasteiger charge is 2.15. The minimum Gasteiger partial charge on any atom is -0.505 e. The predicted molar refractivity (Wildman–Crippen MR) is 78.9 cm³/mol. The maximum Gasteiger partial charge on any atom is 0.280 e. The second-order valence-corrected chi connectivity index (χ2v) is 5.00. The molecule has 0 radical (unpaired) electrons. The van der Waals surface area contributed by atoms with Crippen LogP contribution in [0, 0.1) is 0 Å². The minimum absolute atomic E-state index is 0.0105. The van der Waals surface area contributed by atoms with Crippen molar-refractivity contribution in [2.75, 3.05) is 7.11 Å². The fraction of sp³-hybridized carbons (Fsp3) is 0.0714. The number of nitrogens with zero attached hydrogens (tertiary/aromatic N) is 3. The van der Waals surface area contributed by atoms with E-state index in [1.165, 1.54) is 6.07 Å². The lowest BCUT2D eigenvalue weighted by Crippen LogP contribution is -1.87. The molecular weight excluding hydrogens is 338 g/mol. The van der Waals surface area contributed by atoms with Gasteiger partial charge in [0.2, 0.25) is 5.82 Å². The number of hydrogen-bond donors (Lipinski definition) is 1. The number of aromatic hydroxyl groups is 1. The first-order valence-electron chi connectivity index (χ1n) is 6.01. The number of benzene rings is 1. The molecule has 1 aromatic carbocycles. The van der Waals surface area contributed by atoms with Gasteiger partial charge in [-0.15, -0.1) is 0 Å². The number of methoxy groups -OCH3 is 1. The van der Waals surface area contributed by atoms with Crippen LogP contribution in [-0.2, 0) is 0 Å². The number of ether oxygens (including phenoxy) is 1. The Morgan fingerprint density at radius 3 is 2.86 bits per heavy atom. The van der Waals surface area contributed by atoms with Crippen molar-refractivity contribution in [3.05, 3.63) is 41.0 Å². The second-order valence-electron chi connectivity index (χ2n) is 4.14. The molecule has 1 N–H and O–H groups in total. The van der Waals surface area contributed by atoms with Crippen molar-refractivity contribution in [2.24, 2.45) is 0 Å². The third kappa shape index (κ3) is 2.59. The molecule has 0 unspecified atom stereocenters. The van der Waals surface area contributed by atoms with Gasteiger partial charge in [-0.3, -0.25) is 0 Å². The largest absolute Gasteiger partial charge is 0.505 e. The normalized spacial score (nSPS) is 10.6. The Bertz CT molecular complexity index is 789. The van der Waals surface area contributed by atoms with Crippen molar-refractivity contribution < 1.29 is 14.4 Å². The third-order valence-electron chi connectivity index (χ3n) is 2.83. The monoisotopic (exact) mass is 347 g/mol. The Morgan fingerprint density at radius 2 is 2.14 bits per heavy atom. The molecular formula is C14H10BrN3O3. The van der Waals surface area contributed by atoms with E-state index in [9.17, 15) is 5.11 Å². The summed E-state index contributed by atoms with van der Waals surface area (Å²) in [6.07, 6.45) is 1.54. The van der Waals surface area contributed by atoms with Gasteiger partial charge in [-0.25, -0.2) is 4.98 Å². The number of pyridine rings is 1. The molecule has 7 heteroatoms. The predicted octanol–water partition coefficient (Wildman–Crippen LogP) is 3.28. The van der Waals surface area contributed by atoms with E-state index >= 15 is 0 Å². The van der Waals surface area contributed by atoms with E-state index in [2.05, 4.69) is 31.1 Å². The summed E-state index contributed by atoms with van der Waals surface area (Å²) in [4.78, 5) is 8.27. The summed E-state index contributed by atoms with van der Waals surface area (Å²) in [5.74, 6) is 1.27. The molecule has 6 nitrogen and oxygen atoms in total. The Balaban J connectivity index is 1.99. The average molecular weight is 348 g/mol. The summed E-state index contributed by atoms with van der Waals surface area (Å²) >= 11 is 3.40. The van der Waals surface area contributed by atoms with Crippen LogP contribution in [0.5, 0.6) is 11.5 Å². The molecule has 0 bridgehead atoms. The highest BCUT2D eigenvalue weighted by atomic mass is 79.9. The zero-order chi connectivity index (χ0) is 14.8. The van der Waals surface area contributed by atoms with Gasteiger partial charge in [-0.2, -0.15) is 4.98 Å². The average Bonchev–Trinajstić information content (AvgIpc) is 2.97. The Kier molecular flexibility index (Phi) is 3.57. The number of rotatable bonds is 3. The van der Waals surface area contributed by atoms with E-state index in [1.807, 2.05) is 12.1 Å². The van der Waals surface area contributed by atoms with Gasteiger partial charge in [0.05, 0.1) is 11.6 Å². The van der Waals surface area contributed by atoms with E-state index in [-0.39, 0.29) is 17.3 Å². The molecule has 21 heavy (non-hydrogen) atoms. The molecule has 3 aromatic rings. The van der Waals surface area contributed by atoms with Crippen LogP contribution in [-0.4, -0.2) is 27.3 Å². The maximum atomic E-state index is 9.74. The molecule has 0 saturated heterocycles. The summed E-state index contributed by atoms with van der Waals surface area (Å²) in [6, 6.07) is 8.57. The first kappa shape index (κ1) is 13.6. The third-order valence-corrected chi connectivity index (χ3v) is 3.44. The van der Waals surface area contributed by atoms with Gasteiger partial charge < -0.3 is 14.4 Å². The molecule has 2 aromatic heterocycles. The van der Waals surface area contributed by atoms with Crippen molar-refractivity contribution in [2.45, 2.75) is 0 Å². The van der Waals surface area contributed by atoms with Gasteiger partial charge >= 0.3 is 0 Å². The number of aromatic nitrogens is 3. The fourth-order valence-corrected chi connectivity index (χ4v) is 2.34. The highest BCUT2D eigenvalue weighted by Crippen LogP contribution is 2.31. The molecule has 3 rings (SSSR count). The van der Waals surface area contributed by atoms with E-state index in [1.54, 1.807) is 25.4 Å². The molecule has 0 aliphatic rings. The summed E-state index contributed by atoms with van der Waals surface area (Å²) in [5.41, 5.74) is 1.01. The van der Waals surface area contributed by atoms with E-state index < -0.39 is 0 Å². The molecule has 0 atom stereocenters. The molecule has 0 aliphatic heterocycles. The van der Waals surface area contributed by atoms with Crippen LogP contribution in [0.25, 0.3) is 23.0 Å². The van der Waals surface area contributed by atoms with Crippen LogP contribution < -0.4 is 4.74 Å². The standard InChI is InChI=1S/C14H10BrN3O3/c1-20-11-5-4-8(7-9(11)15)13-17-14(21-18-13)12-10(19)3-2-6-16-12/h2-7,19H,1H3. The lowest BCUT2D eigenvalue weighted by Gasteiger charge is -2.03. The smallest absolute Gasteiger partial charge is 0.280 e. The lowest BCUT2D eigenvalue weighted by molar-refractivity contribution is 0.412. The van der Waals surface area contributed by atoms with E-state index in [0.717, 1.165) is 10.0 Å². The van der Waals surface area contributed by atoms with Gasteiger partial charge in [0.25, 0.3) is 5.89 Å². The lowest BCUT2D eigenvalue weighted by atomic mass is 10.2. The molecule has 0 saturated carbocycles. The van der Waals surface area contributed by atoms with Crippen molar-refractivity contribution in [3.63, 3.8) is 0 Å². The Hall–Kier alpha value is -2.41. The van der Waals surface area contributed by atoms with Crippen LogP contribution in [0.3, 0.4) is 0 Å². The quantitative estimate of drug-likeness (QED) is 0.782. The fourth-order valence-electron chi connectivity index (χ4n) is 1.80. The van der Waals surface area contributed by atoms with Crippen LogP contribution in [0.2, 0.25) is 0 Å². The van der Waals surface area contributed by atoms with Crippen molar-refractivity contribution in [1.29, 1.82) is 0 Å². The van der Waals surface area contributed by atoms with E-state index in [4.69, 9.17) is 9.26 Å². The molecule has 0 aliphatic carbocycles. The SMILES string of the molecule is COc1ccc(-c2noc(-c3ncccc3O)n2)cc1Br. The van der Waals surface area contributed by atoms with Crippen LogP contribution in [0.1, 0.15) is 0 Å². The first-order chi connectivity index (χ1) is 10.2. The van der Waals surface area contributed by atoms with Crippen LogP contribution in [0.15, 0.2) is 45.5 Å². The summed E-state index contributed by atoms with van der Waals surface area (Å²) in [5, 5.41) is 13.6. The van der Waals surface area contributed by atoms with Crippen LogP contribution in [0.4, 0.5) is 0 Å². The van der Waals surface area contributed by atoms with Gasteiger partial charge in [0.15, 0.2) is 5.69 Å². The van der Waals surface area contributed by atoms with Gasteiger partial charge in [-0.1, -0.05) is 5.16 Å². The number of hydrogen-bond acceptors (Lipinski definition) is 6. The van der Waals surface area contributed by atoms with E-state index in [0.29, 0.717) is 11.6 Å². The minimum atomic E-state index is -0.0105. The zero-order valence-electron chi connectivity index (χ0n) is 10.9. The molecule has 0 fully saturated rings. The zero-order valence-corrected chi connectivity index (χ0v) is 12.5. The Morgan fingerprint density at radius 1 is 1.29 bits per heavy atom. The molecule has 106 valence electrons. The molecule has 0 amide bonds. The summed E-state index contributed by atoms with van der Waals surface area (Å²) in [6.45, 7) is 0. The van der Waals surface area contributed by atoms with Gasteiger partial charge in [-0.05, 0) is 46.3 Å². The first-order valence-corrected chi connectivity index (χ1v) is 6.80. The van der Waals surface area contributed by atoms with Crippen molar-refractivity contribution in [3.8, 4) is 34.5 Å². The molecule has 0 spiro atoms. The van der Waals surface area contributed by atoms with Gasteiger partial charge in [0.1, 0.15) is 11.5 Å². The molecule has 2 heterocycles. The van der Waals surface area contributed by atoms with Crippen molar-refractivity contribution >= 4 is 15.9 Å². The topological polar surface area (TPSA) is 81.3 Å². The van der Waals surface area contributed by atoms with Crippen LogP contribution >= 0.6 is 15.9 Å². The highest BCUT2D eigenvalue weighted by molar-refractivity contribution is 9.10. The number of halogens is 1. The van der Waals surface area contributed by atoms with Crippen molar-refractivity contribution in [1.82, 2.24) is 15.1 Å². The second kappa shape index (κ2) is 5.53. The van der Waals surface area contributed by atoms with Gasteiger partial charge in [0, 0.05) is 11.8 Å². The summed E-state index contributed by atoms with van der Waals surface area (Å²) < 4.78 is 11.1. The summed E-state index contributed by atoms with van der Waals surface area (Å²) in [7, 11) is 1.59.